The molecule has 2 atom stereocenters. The van der Waals surface area contributed by atoms with Crippen molar-refractivity contribution in [3.05, 3.63) is 28.8 Å². The zero-order valence-corrected chi connectivity index (χ0v) is 14.1. The van der Waals surface area contributed by atoms with Crippen LogP contribution in [0.25, 0.3) is 0 Å². The van der Waals surface area contributed by atoms with Crippen molar-refractivity contribution in [1.82, 2.24) is 4.72 Å². The minimum atomic E-state index is -3.78. The molecule has 0 aliphatic heterocycles. The largest absolute Gasteiger partial charge is 0.330 e. The average Bonchev–Trinajstić information content (AvgIpc) is 2.47. The molecule has 7 heteroatoms. The summed E-state index contributed by atoms with van der Waals surface area (Å²) in [4.78, 5) is 11.4. The molecule has 1 saturated carbocycles. The number of nitrogens with two attached hydrogens (primary N) is 1. The maximum Gasteiger partial charge on any atom is 0.242 e. The molecule has 22 heavy (non-hydrogen) atoms. The number of rotatable bonds is 5. The van der Waals surface area contributed by atoms with Gasteiger partial charge in [-0.05, 0) is 50.4 Å². The third-order valence-corrected chi connectivity index (χ3v) is 6.12. The van der Waals surface area contributed by atoms with Gasteiger partial charge in [0.1, 0.15) is 4.90 Å². The standard InChI is InChI=1S/C15H21ClN2O3S/c1-10(19)11-6-7-13(16)15(8-11)22(20,21)18-14-5-3-2-4-12(14)9-17/h6-8,12,14,18H,2-5,9,17H2,1H3/t12-,14-/m0/s1. The third kappa shape index (κ3) is 3.87. The van der Waals surface area contributed by atoms with Crippen LogP contribution in [0.4, 0.5) is 0 Å². The van der Waals surface area contributed by atoms with Gasteiger partial charge in [-0.15, -0.1) is 0 Å². The van der Waals surface area contributed by atoms with Crippen LogP contribution in [0.15, 0.2) is 23.1 Å². The molecule has 1 aliphatic rings. The van der Waals surface area contributed by atoms with Crippen molar-refractivity contribution in [3.63, 3.8) is 0 Å². The Morgan fingerprint density at radius 2 is 2.05 bits per heavy atom. The highest BCUT2D eigenvalue weighted by Crippen LogP contribution is 2.27. The van der Waals surface area contributed by atoms with E-state index in [1.54, 1.807) is 0 Å². The van der Waals surface area contributed by atoms with Gasteiger partial charge >= 0.3 is 0 Å². The van der Waals surface area contributed by atoms with Crippen LogP contribution in [0.1, 0.15) is 43.0 Å². The zero-order valence-electron chi connectivity index (χ0n) is 12.5. The van der Waals surface area contributed by atoms with E-state index in [0.717, 1.165) is 25.7 Å². The fourth-order valence-electron chi connectivity index (χ4n) is 2.84. The van der Waals surface area contributed by atoms with E-state index >= 15 is 0 Å². The molecule has 2 rings (SSSR count). The molecule has 122 valence electrons. The molecule has 0 spiro atoms. The van der Waals surface area contributed by atoms with Gasteiger partial charge in [-0.25, -0.2) is 13.1 Å². The SMILES string of the molecule is CC(=O)c1ccc(Cl)c(S(=O)(=O)N[C@H]2CCCC[C@H]2CN)c1. The highest BCUT2D eigenvalue weighted by Gasteiger charge is 2.29. The second-order valence-corrected chi connectivity index (χ2v) is 7.80. The van der Waals surface area contributed by atoms with Crippen LogP contribution in [-0.4, -0.2) is 26.8 Å². The highest BCUT2D eigenvalue weighted by atomic mass is 35.5. The van der Waals surface area contributed by atoms with Crippen molar-refractivity contribution in [2.24, 2.45) is 11.7 Å². The topological polar surface area (TPSA) is 89.3 Å². The molecular weight excluding hydrogens is 324 g/mol. The quantitative estimate of drug-likeness (QED) is 0.802. The molecular formula is C15H21ClN2O3S. The van der Waals surface area contributed by atoms with Gasteiger partial charge in [0.2, 0.25) is 10.0 Å². The summed E-state index contributed by atoms with van der Waals surface area (Å²) in [7, 11) is -3.78. The first-order chi connectivity index (χ1) is 10.3. The summed E-state index contributed by atoms with van der Waals surface area (Å²) < 4.78 is 27.9. The van der Waals surface area contributed by atoms with Gasteiger partial charge in [-0.3, -0.25) is 4.79 Å². The summed E-state index contributed by atoms with van der Waals surface area (Å²) in [6.45, 7) is 1.84. The van der Waals surface area contributed by atoms with E-state index in [9.17, 15) is 13.2 Å². The van der Waals surface area contributed by atoms with E-state index in [-0.39, 0.29) is 27.7 Å². The first kappa shape index (κ1) is 17.4. The van der Waals surface area contributed by atoms with E-state index < -0.39 is 10.0 Å². The van der Waals surface area contributed by atoms with E-state index in [0.29, 0.717) is 12.1 Å². The summed E-state index contributed by atoms with van der Waals surface area (Å²) in [6, 6.07) is 4.11. The predicted octanol–water partition coefficient (Wildman–Crippen LogP) is 2.34. The molecule has 5 nitrogen and oxygen atoms in total. The Hall–Kier alpha value is -0.950. The van der Waals surface area contributed by atoms with Crippen LogP contribution in [0.2, 0.25) is 5.02 Å². The van der Waals surface area contributed by atoms with Crippen LogP contribution >= 0.6 is 11.6 Å². The Bertz CT molecular complexity index is 661. The number of halogens is 1. The number of sulfonamides is 1. The monoisotopic (exact) mass is 344 g/mol. The fourth-order valence-corrected chi connectivity index (χ4v) is 4.70. The van der Waals surface area contributed by atoms with Gasteiger partial charge in [-0.2, -0.15) is 0 Å². The Balaban J connectivity index is 2.30. The minimum Gasteiger partial charge on any atom is -0.330 e. The molecule has 0 radical (unpaired) electrons. The Labute approximate surface area is 136 Å². The number of hydrogen-bond donors (Lipinski definition) is 2. The molecule has 0 aromatic heterocycles. The summed E-state index contributed by atoms with van der Waals surface area (Å²) in [5, 5.41) is 0.109. The summed E-state index contributed by atoms with van der Waals surface area (Å²) in [5.41, 5.74) is 6.06. The normalized spacial score (nSPS) is 22.5. The second kappa shape index (κ2) is 7.08. The van der Waals surface area contributed by atoms with Crippen LogP contribution in [0.3, 0.4) is 0 Å². The number of carbonyl (C=O) groups is 1. The minimum absolute atomic E-state index is 0.0526. The lowest BCUT2D eigenvalue weighted by Crippen LogP contribution is -2.44. The second-order valence-electron chi connectivity index (χ2n) is 5.71. The molecule has 1 fully saturated rings. The lowest BCUT2D eigenvalue weighted by atomic mass is 9.85. The summed E-state index contributed by atoms with van der Waals surface area (Å²) in [5.74, 6) is -0.0658. The Kier molecular flexibility index (Phi) is 5.60. The smallest absolute Gasteiger partial charge is 0.242 e. The van der Waals surface area contributed by atoms with Crippen molar-refractivity contribution in [3.8, 4) is 0 Å². The van der Waals surface area contributed by atoms with Gasteiger partial charge in [0.05, 0.1) is 5.02 Å². The Morgan fingerprint density at radius 1 is 1.36 bits per heavy atom. The molecule has 0 unspecified atom stereocenters. The molecule has 0 saturated heterocycles. The van der Waals surface area contributed by atoms with Crippen molar-refractivity contribution < 1.29 is 13.2 Å². The van der Waals surface area contributed by atoms with Crippen LogP contribution in [-0.2, 0) is 10.0 Å². The lowest BCUT2D eigenvalue weighted by Gasteiger charge is -2.31. The third-order valence-electron chi connectivity index (χ3n) is 4.15. The van der Waals surface area contributed by atoms with Crippen molar-refractivity contribution in [1.29, 1.82) is 0 Å². The zero-order chi connectivity index (χ0) is 16.3. The van der Waals surface area contributed by atoms with E-state index in [1.807, 2.05) is 0 Å². The average molecular weight is 345 g/mol. The predicted molar refractivity (Wildman–Crippen MR) is 86.6 cm³/mol. The van der Waals surface area contributed by atoms with E-state index in [4.69, 9.17) is 17.3 Å². The first-order valence-electron chi connectivity index (χ1n) is 7.38. The number of Topliss-reactive ketones (excluding diaryl/α,β-unsaturated/α-hetero) is 1. The number of hydrogen-bond acceptors (Lipinski definition) is 4. The molecule has 0 amide bonds. The molecule has 3 N–H and O–H groups in total. The van der Waals surface area contributed by atoms with Gasteiger partial charge in [0, 0.05) is 11.6 Å². The van der Waals surface area contributed by atoms with E-state index in [1.165, 1.54) is 25.1 Å². The number of nitrogens with one attached hydrogen (secondary N) is 1. The van der Waals surface area contributed by atoms with Crippen molar-refractivity contribution in [2.45, 2.75) is 43.5 Å². The first-order valence-corrected chi connectivity index (χ1v) is 9.24. The summed E-state index contributed by atoms with van der Waals surface area (Å²) >= 11 is 6.02. The van der Waals surface area contributed by atoms with Gasteiger partial charge in [-0.1, -0.05) is 24.4 Å². The van der Waals surface area contributed by atoms with Crippen LogP contribution in [0, 0.1) is 5.92 Å². The molecule has 1 aromatic rings. The molecule has 0 heterocycles. The van der Waals surface area contributed by atoms with E-state index in [2.05, 4.69) is 4.72 Å². The molecule has 0 bridgehead atoms. The molecule has 1 aromatic carbocycles. The Morgan fingerprint density at radius 3 is 2.68 bits per heavy atom. The van der Waals surface area contributed by atoms with Crippen LogP contribution in [0.5, 0.6) is 0 Å². The van der Waals surface area contributed by atoms with Crippen molar-refractivity contribution >= 4 is 27.4 Å². The number of ketones is 1. The number of carbonyl (C=O) groups excluding carboxylic acids is 1. The summed E-state index contributed by atoms with van der Waals surface area (Å²) in [6.07, 6.45) is 3.74. The van der Waals surface area contributed by atoms with Crippen LogP contribution < -0.4 is 10.5 Å². The maximum atomic E-state index is 12.6. The fraction of sp³-hybridized carbons (Fsp3) is 0.533. The van der Waals surface area contributed by atoms with Crippen molar-refractivity contribution in [2.75, 3.05) is 6.54 Å². The lowest BCUT2D eigenvalue weighted by molar-refractivity contribution is 0.101. The number of benzene rings is 1. The van der Waals surface area contributed by atoms with Gasteiger partial charge in [0.25, 0.3) is 0 Å². The van der Waals surface area contributed by atoms with Gasteiger partial charge < -0.3 is 5.73 Å². The maximum absolute atomic E-state index is 12.6. The molecule has 1 aliphatic carbocycles. The highest BCUT2D eigenvalue weighted by molar-refractivity contribution is 7.89. The van der Waals surface area contributed by atoms with Gasteiger partial charge in [0.15, 0.2) is 5.78 Å².